The van der Waals surface area contributed by atoms with Crippen molar-refractivity contribution in [3.05, 3.63) is 34.6 Å². The molecule has 2 aromatic rings. The summed E-state index contributed by atoms with van der Waals surface area (Å²) in [6.07, 6.45) is 1.15. The van der Waals surface area contributed by atoms with Crippen LogP contribution in [0, 0.1) is 10.1 Å². The second-order valence-corrected chi connectivity index (χ2v) is 4.01. The quantitative estimate of drug-likeness (QED) is 0.411. The van der Waals surface area contributed by atoms with Gasteiger partial charge in [-0.3, -0.25) is 10.1 Å². The van der Waals surface area contributed by atoms with Gasteiger partial charge in [0.2, 0.25) is 11.6 Å². The second-order valence-electron chi connectivity index (χ2n) is 4.01. The number of benzene rings is 1. The Hall–Kier alpha value is -3.14. The van der Waals surface area contributed by atoms with Crippen LogP contribution in [0.1, 0.15) is 0 Å². The van der Waals surface area contributed by atoms with Gasteiger partial charge in [-0.2, -0.15) is 0 Å². The van der Waals surface area contributed by atoms with Crippen LogP contribution in [0.15, 0.2) is 24.5 Å². The first kappa shape index (κ1) is 15.3. The minimum Gasteiger partial charge on any atom is -0.497 e. The van der Waals surface area contributed by atoms with Crippen LogP contribution in [0.3, 0.4) is 0 Å². The highest BCUT2D eigenvalue weighted by Gasteiger charge is 2.23. The molecule has 0 atom stereocenters. The molecule has 2 rings (SSSR count). The summed E-state index contributed by atoms with van der Waals surface area (Å²) in [5.41, 5.74) is 2.27. The van der Waals surface area contributed by atoms with Gasteiger partial charge in [-0.25, -0.2) is 15.8 Å². The maximum absolute atomic E-state index is 11.2. The summed E-state index contributed by atoms with van der Waals surface area (Å²) in [5, 5.41) is 14.0. The number of hydrogen-bond donors (Lipinski definition) is 3. The molecular formula is C12H14N6O4. The Morgan fingerprint density at radius 2 is 1.95 bits per heavy atom. The van der Waals surface area contributed by atoms with Crippen molar-refractivity contribution in [3.8, 4) is 11.5 Å². The molecule has 0 saturated carbocycles. The van der Waals surface area contributed by atoms with E-state index < -0.39 is 4.92 Å². The van der Waals surface area contributed by atoms with Crippen LogP contribution >= 0.6 is 0 Å². The third-order valence-electron chi connectivity index (χ3n) is 2.80. The Morgan fingerprint density at radius 1 is 1.23 bits per heavy atom. The average molecular weight is 306 g/mol. The van der Waals surface area contributed by atoms with Gasteiger partial charge in [0.05, 0.1) is 24.8 Å². The fourth-order valence-electron chi connectivity index (χ4n) is 1.78. The van der Waals surface area contributed by atoms with E-state index in [2.05, 4.69) is 20.7 Å². The molecule has 116 valence electrons. The highest BCUT2D eigenvalue weighted by Crippen LogP contribution is 2.35. The number of nitrogens with one attached hydrogen (secondary N) is 2. The van der Waals surface area contributed by atoms with Gasteiger partial charge in [0.1, 0.15) is 17.8 Å². The van der Waals surface area contributed by atoms with Crippen molar-refractivity contribution in [2.75, 3.05) is 25.0 Å². The second kappa shape index (κ2) is 6.54. The van der Waals surface area contributed by atoms with Gasteiger partial charge in [-0.05, 0) is 12.1 Å². The molecule has 0 bridgehead atoms. The van der Waals surface area contributed by atoms with Gasteiger partial charge in [-0.15, -0.1) is 0 Å². The molecule has 10 heteroatoms. The average Bonchev–Trinajstić information content (AvgIpc) is 2.54. The number of anilines is 3. The van der Waals surface area contributed by atoms with Gasteiger partial charge in [0, 0.05) is 6.07 Å². The molecule has 4 N–H and O–H groups in total. The van der Waals surface area contributed by atoms with Crippen molar-refractivity contribution < 1.29 is 14.4 Å². The Kier molecular flexibility index (Phi) is 4.53. The topological polar surface area (TPSA) is 137 Å². The van der Waals surface area contributed by atoms with Crippen LogP contribution in [0.2, 0.25) is 0 Å². The maximum atomic E-state index is 11.2. The van der Waals surface area contributed by atoms with E-state index in [1.54, 1.807) is 18.2 Å². The van der Waals surface area contributed by atoms with Gasteiger partial charge in [0.15, 0.2) is 0 Å². The van der Waals surface area contributed by atoms with Crippen LogP contribution in [-0.2, 0) is 0 Å². The van der Waals surface area contributed by atoms with Crippen molar-refractivity contribution in [2.45, 2.75) is 0 Å². The molecule has 0 unspecified atom stereocenters. The molecule has 0 amide bonds. The van der Waals surface area contributed by atoms with E-state index in [-0.39, 0.29) is 17.3 Å². The number of nitro groups is 1. The van der Waals surface area contributed by atoms with Crippen LogP contribution in [0.5, 0.6) is 11.5 Å². The van der Waals surface area contributed by atoms with E-state index in [4.69, 9.17) is 15.3 Å². The molecule has 1 aromatic carbocycles. The normalized spacial score (nSPS) is 9.95. The number of nitrogen functional groups attached to an aromatic ring is 1. The number of nitrogens with two attached hydrogens (primary N) is 1. The maximum Gasteiger partial charge on any atom is 0.354 e. The Labute approximate surface area is 125 Å². The summed E-state index contributed by atoms with van der Waals surface area (Å²) in [6.45, 7) is 0. The molecule has 0 spiro atoms. The molecule has 10 nitrogen and oxygen atoms in total. The summed E-state index contributed by atoms with van der Waals surface area (Å²) >= 11 is 0. The molecule has 0 saturated heterocycles. The fraction of sp³-hybridized carbons (Fsp3) is 0.167. The summed E-state index contributed by atoms with van der Waals surface area (Å²) in [7, 11) is 3.00. The zero-order valence-corrected chi connectivity index (χ0v) is 11.9. The third kappa shape index (κ3) is 2.96. The largest absolute Gasteiger partial charge is 0.497 e. The third-order valence-corrected chi connectivity index (χ3v) is 2.80. The lowest BCUT2D eigenvalue weighted by atomic mass is 10.2. The number of hydrogen-bond acceptors (Lipinski definition) is 9. The standard InChI is InChI=1S/C12H14N6O4/c1-21-7-3-4-8(9(5-7)22-2)16-11-10(18(19)20)12(17-13)15-6-14-11/h3-6H,13H2,1-2H3,(H2,14,15,16,17). The molecule has 22 heavy (non-hydrogen) atoms. The molecule has 0 fully saturated rings. The van der Waals surface area contributed by atoms with Gasteiger partial charge in [0.25, 0.3) is 0 Å². The molecule has 1 aromatic heterocycles. The summed E-state index contributed by atoms with van der Waals surface area (Å²) in [6, 6.07) is 4.97. The van der Waals surface area contributed by atoms with Crippen LogP contribution < -0.4 is 26.1 Å². The smallest absolute Gasteiger partial charge is 0.354 e. The zero-order chi connectivity index (χ0) is 16.1. The van der Waals surface area contributed by atoms with Crippen LogP contribution in [0.25, 0.3) is 0 Å². The van der Waals surface area contributed by atoms with E-state index in [1.807, 2.05) is 0 Å². The molecule has 1 heterocycles. The van der Waals surface area contributed by atoms with E-state index in [0.717, 1.165) is 6.33 Å². The predicted molar refractivity (Wildman–Crippen MR) is 79.3 cm³/mol. The highest BCUT2D eigenvalue weighted by molar-refractivity contribution is 5.76. The molecule has 0 aliphatic rings. The number of aromatic nitrogens is 2. The number of methoxy groups -OCH3 is 2. The Bertz CT molecular complexity index is 693. The van der Waals surface area contributed by atoms with E-state index in [9.17, 15) is 10.1 Å². The molecule has 0 aliphatic heterocycles. The SMILES string of the molecule is COc1ccc(Nc2ncnc(NN)c2[N+](=O)[O-])c(OC)c1. The number of hydrazine groups is 1. The van der Waals surface area contributed by atoms with Gasteiger partial charge in [-0.1, -0.05) is 0 Å². The number of nitrogens with zero attached hydrogens (tertiary/aromatic N) is 3. The zero-order valence-electron chi connectivity index (χ0n) is 11.9. The lowest BCUT2D eigenvalue weighted by molar-refractivity contribution is -0.383. The molecule has 0 radical (unpaired) electrons. The highest BCUT2D eigenvalue weighted by atomic mass is 16.6. The van der Waals surface area contributed by atoms with Crippen molar-refractivity contribution in [1.82, 2.24) is 9.97 Å². The van der Waals surface area contributed by atoms with E-state index in [0.29, 0.717) is 17.2 Å². The summed E-state index contributed by atoms with van der Waals surface area (Å²) in [4.78, 5) is 18.1. The van der Waals surface area contributed by atoms with E-state index in [1.165, 1.54) is 14.2 Å². The first-order valence-electron chi connectivity index (χ1n) is 6.05. The minimum absolute atomic E-state index is 0.0172. The van der Waals surface area contributed by atoms with Crippen LogP contribution in [0.4, 0.5) is 23.0 Å². The fourth-order valence-corrected chi connectivity index (χ4v) is 1.78. The molecular weight excluding hydrogens is 292 g/mol. The lowest BCUT2D eigenvalue weighted by Crippen LogP contribution is -2.13. The van der Waals surface area contributed by atoms with E-state index >= 15 is 0 Å². The summed E-state index contributed by atoms with van der Waals surface area (Å²) in [5.74, 6) is 6.14. The number of rotatable bonds is 6. The lowest BCUT2D eigenvalue weighted by Gasteiger charge is -2.12. The monoisotopic (exact) mass is 306 g/mol. The van der Waals surface area contributed by atoms with Crippen molar-refractivity contribution in [2.24, 2.45) is 5.84 Å². The Balaban J connectivity index is 2.45. The number of ether oxygens (including phenoxy) is 2. The first-order chi connectivity index (χ1) is 10.6. The predicted octanol–water partition coefficient (Wildman–Crippen LogP) is 1.43. The van der Waals surface area contributed by atoms with Gasteiger partial charge >= 0.3 is 5.69 Å². The minimum atomic E-state index is -0.631. The van der Waals surface area contributed by atoms with Crippen molar-refractivity contribution in [3.63, 3.8) is 0 Å². The van der Waals surface area contributed by atoms with Gasteiger partial charge < -0.3 is 20.2 Å². The molecule has 0 aliphatic carbocycles. The summed E-state index contributed by atoms with van der Waals surface area (Å²) < 4.78 is 10.3. The first-order valence-corrected chi connectivity index (χ1v) is 6.05. The van der Waals surface area contributed by atoms with Crippen molar-refractivity contribution >= 4 is 23.0 Å². The Morgan fingerprint density at radius 3 is 2.55 bits per heavy atom. The van der Waals surface area contributed by atoms with Crippen molar-refractivity contribution in [1.29, 1.82) is 0 Å². The van der Waals surface area contributed by atoms with Crippen LogP contribution in [-0.4, -0.2) is 29.1 Å².